The number of hydrogen-bond acceptors (Lipinski definition) is 2. The van der Waals surface area contributed by atoms with Gasteiger partial charge in [0.2, 0.25) is 0 Å². The van der Waals surface area contributed by atoms with E-state index in [4.69, 9.17) is 17.3 Å². The van der Waals surface area contributed by atoms with Gasteiger partial charge in [0.05, 0.1) is 12.1 Å². The highest BCUT2D eigenvalue weighted by atomic mass is 79.9. The van der Waals surface area contributed by atoms with Crippen molar-refractivity contribution in [2.75, 3.05) is 0 Å². The molecule has 0 fully saturated rings. The van der Waals surface area contributed by atoms with Crippen LogP contribution in [-0.4, -0.2) is 11.2 Å². The zero-order valence-electron chi connectivity index (χ0n) is 9.70. The fraction of sp³-hybridized carbons (Fsp3) is 0.500. The fourth-order valence-corrected chi connectivity index (χ4v) is 2.52. The lowest BCUT2D eigenvalue weighted by Gasteiger charge is -2.20. The van der Waals surface area contributed by atoms with Crippen LogP contribution in [0.5, 0.6) is 0 Å². The number of rotatable bonds is 5. The molecule has 1 aromatic carbocycles. The lowest BCUT2D eigenvalue weighted by molar-refractivity contribution is 0.132. The van der Waals surface area contributed by atoms with Crippen LogP contribution in [-0.2, 0) is 0 Å². The highest BCUT2D eigenvalue weighted by Crippen LogP contribution is 2.28. The summed E-state index contributed by atoms with van der Waals surface area (Å²) in [5.41, 5.74) is 6.90. The summed E-state index contributed by atoms with van der Waals surface area (Å²) in [4.78, 5) is 0. The summed E-state index contributed by atoms with van der Waals surface area (Å²) < 4.78 is 0.850. The largest absolute Gasteiger partial charge is 0.391 e. The van der Waals surface area contributed by atoms with Gasteiger partial charge in [0.25, 0.3) is 0 Å². The molecule has 0 aromatic heterocycles. The molecule has 1 aromatic rings. The maximum atomic E-state index is 9.92. The van der Waals surface area contributed by atoms with E-state index in [9.17, 15) is 5.11 Å². The minimum atomic E-state index is -0.502. The summed E-state index contributed by atoms with van der Waals surface area (Å²) in [7, 11) is 0. The standard InChI is InChI=1S/C12H17BrClNO.ClH/c1-2-3-4-11(16)12(15)9-6-5-8(14)7-10(9)13;/h5-7,11-12,16H,2-4,15H2,1H3;1H/t11-,12+;/m1./s1. The van der Waals surface area contributed by atoms with E-state index in [1.807, 2.05) is 6.07 Å². The van der Waals surface area contributed by atoms with Gasteiger partial charge in [0.15, 0.2) is 0 Å². The summed E-state index contributed by atoms with van der Waals surface area (Å²) in [5.74, 6) is 0. The molecule has 0 unspecified atom stereocenters. The molecule has 1 rings (SSSR count). The number of hydrogen-bond donors (Lipinski definition) is 2. The Morgan fingerprint density at radius 1 is 1.47 bits per heavy atom. The SMILES string of the molecule is CCCC[C@@H](O)[C@@H](N)c1ccc(Cl)cc1Br.Cl. The Kier molecular flexibility index (Phi) is 8.43. The van der Waals surface area contributed by atoms with Crippen molar-refractivity contribution in [1.82, 2.24) is 0 Å². The van der Waals surface area contributed by atoms with Gasteiger partial charge in [0, 0.05) is 9.50 Å². The second kappa shape index (κ2) is 8.33. The molecule has 0 aliphatic rings. The van der Waals surface area contributed by atoms with Crippen molar-refractivity contribution in [2.24, 2.45) is 5.73 Å². The van der Waals surface area contributed by atoms with Crippen LogP contribution >= 0.6 is 39.9 Å². The third-order valence-electron chi connectivity index (χ3n) is 2.59. The molecule has 0 saturated carbocycles. The molecule has 2 atom stereocenters. The number of nitrogens with two attached hydrogens (primary N) is 1. The first-order chi connectivity index (χ1) is 7.56. The molecule has 0 radical (unpaired) electrons. The topological polar surface area (TPSA) is 46.2 Å². The molecule has 5 heteroatoms. The monoisotopic (exact) mass is 341 g/mol. The zero-order chi connectivity index (χ0) is 12.1. The molecule has 0 aliphatic heterocycles. The van der Waals surface area contributed by atoms with E-state index in [2.05, 4.69) is 22.9 Å². The summed E-state index contributed by atoms with van der Waals surface area (Å²) in [6, 6.07) is 5.07. The second-order valence-electron chi connectivity index (χ2n) is 3.90. The quantitative estimate of drug-likeness (QED) is 0.847. The molecule has 0 saturated heterocycles. The van der Waals surface area contributed by atoms with E-state index in [0.717, 1.165) is 29.3 Å². The third kappa shape index (κ3) is 5.14. The maximum absolute atomic E-state index is 9.92. The first-order valence-electron chi connectivity index (χ1n) is 5.44. The summed E-state index contributed by atoms with van der Waals surface area (Å²) in [6.07, 6.45) is 2.27. The van der Waals surface area contributed by atoms with Gasteiger partial charge in [-0.1, -0.05) is 53.4 Å². The minimum Gasteiger partial charge on any atom is -0.391 e. The summed E-state index contributed by atoms with van der Waals surface area (Å²) >= 11 is 9.26. The van der Waals surface area contributed by atoms with Gasteiger partial charge in [-0.05, 0) is 24.1 Å². The Balaban J connectivity index is 0.00000256. The average molecular weight is 343 g/mol. The van der Waals surface area contributed by atoms with Gasteiger partial charge in [-0.2, -0.15) is 0 Å². The van der Waals surface area contributed by atoms with E-state index in [1.165, 1.54) is 0 Å². The fourth-order valence-electron chi connectivity index (χ4n) is 1.57. The average Bonchev–Trinajstić information content (AvgIpc) is 2.25. The van der Waals surface area contributed by atoms with Crippen LogP contribution < -0.4 is 5.73 Å². The van der Waals surface area contributed by atoms with E-state index in [1.54, 1.807) is 12.1 Å². The number of aliphatic hydroxyl groups is 1. The molecule has 98 valence electrons. The lowest BCUT2D eigenvalue weighted by Crippen LogP contribution is -2.26. The van der Waals surface area contributed by atoms with Gasteiger partial charge in [0.1, 0.15) is 0 Å². The first kappa shape index (κ1) is 17.2. The van der Waals surface area contributed by atoms with E-state index < -0.39 is 6.10 Å². The van der Waals surface area contributed by atoms with Crippen molar-refractivity contribution >= 4 is 39.9 Å². The van der Waals surface area contributed by atoms with Crippen molar-refractivity contribution in [2.45, 2.75) is 38.3 Å². The number of unbranched alkanes of at least 4 members (excludes halogenated alkanes) is 1. The van der Waals surface area contributed by atoms with Crippen LogP contribution in [0.4, 0.5) is 0 Å². The molecule has 0 spiro atoms. The van der Waals surface area contributed by atoms with Crippen molar-refractivity contribution in [3.8, 4) is 0 Å². The third-order valence-corrected chi connectivity index (χ3v) is 3.51. The molecule has 2 nitrogen and oxygen atoms in total. The summed E-state index contributed by atoms with van der Waals surface area (Å²) in [5, 5.41) is 10.6. The van der Waals surface area contributed by atoms with Crippen LogP contribution in [0.15, 0.2) is 22.7 Å². The zero-order valence-corrected chi connectivity index (χ0v) is 12.9. The normalized spacial score (nSPS) is 13.9. The van der Waals surface area contributed by atoms with Crippen LogP contribution in [0.3, 0.4) is 0 Å². The molecule has 3 N–H and O–H groups in total. The molecule has 0 heterocycles. The Hall–Kier alpha value is 0.200. The minimum absolute atomic E-state index is 0. The molecule has 0 amide bonds. The first-order valence-corrected chi connectivity index (χ1v) is 6.62. The summed E-state index contributed by atoms with van der Waals surface area (Å²) in [6.45, 7) is 2.09. The Morgan fingerprint density at radius 2 is 2.12 bits per heavy atom. The predicted octanol–water partition coefficient (Wildman–Crippen LogP) is 4.08. The van der Waals surface area contributed by atoms with Crippen molar-refractivity contribution in [3.05, 3.63) is 33.3 Å². The maximum Gasteiger partial charge on any atom is 0.0733 e. The van der Waals surface area contributed by atoms with Gasteiger partial charge in [-0.25, -0.2) is 0 Å². The van der Waals surface area contributed by atoms with Crippen molar-refractivity contribution in [1.29, 1.82) is 0 Å². The highest BCUT2D eigenvalue weighted by molar-refractivity contribution is 9.10. The Bertz CT molecular complexity index is 349. The predicted molar refractivity (Wildman–Crippen MR) is 78.9 cm³/mol. The van der Waals surface area contributed by atoms with Gasteiger partial charge in [-0.15, -0.1) is 12.4 Å². The lowest BCUT2D eigenvalue weighted by atomic mass is 9.98. The van der Waals surface area contributed by atoms with Crippen LogP contribution in [0.2, 0.25) is 5.02 Å². The van der Waals surface area contributed by atoms with Gasteiger partial charge < -0.3 is 10.8 Å². The van der Waals surface area contributed by atoms with E-state index in [-0.39, 0.29) is 18.4 Å². The molecule has 0 aliphatic carbocycles. The molecular weight excluding hydrogens is 325 g/mol. The second-order valence-corrected chi connectivity index (χ2v) is 5.19. The molecule has 0 bridgehead atoms. The van der Waals surface area contributed by atoms with Gasteiger partial charge >= 0.3 is 0 Å². The molecule has 17 heavy (non-hydrogen) atoms. The Morgan fingerprint density at radius 3 is 2.65 bits per heavy atom. The Labute approximate surface area is 122 Å². The van der Waals surface area contributed by atoms with Crippen LogP contribution in [0.25, 0.3) is 0 Å². The number of halogens is 3. The smallest absolute Gasteiger partial charge is 0.0733 e. The van der Waals surface area contributed by atoms with E-state index >= 15 is 0 Å². The van der Waals surface area contributed by atoms with Crippen LogP contribution in [0, 0.1) is 0 Å². The van der Waals surface area contributed by atoms with E-state index in [0.29, 0.717) is 5.02 Å². The number of aliphatic hydroxyl groups excluding tert-OH is 1. The van der Waals surface area contributed by atoms with Gasteiger partial charge in [-0.3, -0.25) is 0 Å². The van der Waals surface area contributed by atoms with Crippen molar-refractivity contribution in [3.63, 3.8) is 0 Å². The molecular formula is C12H18BrCl2NO. The highest BCUT2D eigenvalue weighted by Gasteiger charge is 2.18. The number of benzene rings is 1. The van der Waals surface area contributed by atoms with Crippen LogP contribution in [0.1, 0.15) is 37.8 Å². The van der Waals surface area contributed by atoms with Crippen molar-refractivity contribution < 1.29 is 5.11 Å².